The van der Waals surface area contributed by atoms with E-state index in [0.717, 1.165) is 21.8 Å². The minimum Gasteiger partial charge on any atom is -0.492 e. The summed E-state index contributed by atoms with van der Waals surface area (Å²) in [5.41, 5.74) is -1.58. The van der Waals surface area contributed by atoms with Crippen molar-refractivity contribution in [1.29, 1.82) is 0 Å². The molecule has 4 amide bonds. The van der Waals surface area contributed by atoms with Crippen LogP contribution in [0, 0.1) is 29.4 Å². The SMILES string of the molecule is CCOc1cnc(O[C@@H]2C[C@H]3C(=O)N[C@]4(C(=O)N(C)S(=O)(=O)C5CC5)C[C@H]4/C=C/CC[C@@H](C)C[C@@H](C)[C@H](NC(=O)Oc4ccc(F)cc4F)C(=O)N3C2)c2ccccc12. The first-order valence-corrected chi connectivity index (χ1v) is 21.5. The smallest absolute Gasteiger partial charge is 0.413 e. The number of nitrogens with one attached hydrogen (secondary N) is 2. The zero-order chi connectivity index (χ0) is 42.2. The molecule has 316 valence electrons. The molecule has 3 fully saturated rings. The van der Waals surface area contributed by atoms with Gasteiger partial charge in [-0.05, 0) is 75.5 Å². The molecule has 1 aromatic heterocycles. The Bertz CT molecular complexity index is 2270. The number of hydrogen-bond acceptors (Lipinski definition) is 10. The zero-order valence-electron chi connectivity index (χ0n) is 33.4. The summed E-state index contributed by atoms with van der Waals surface area (Å²) >= 11 is 0. The summed E-state index contributed by atoms with van der Waals surface area (Å²) in [4.78, 5) is 62.8. The Balaban J connectivity index is 1.23. The van der Waals surface area contributed by atoms with E-state index >= 15 is 0 Å². The average Bonchev–Trinajstić information content (AvgIpc) is 4.13. The molecule has 4 aliphatic rings. The van der Waals surface area contributed by atoms with Gasteiger partial charge in [0.25, 0.3) is 5.91 Å². The Hall–Kier alpha value is -5.32. The van der Waals surface area contributed by atoms with E-state index in [1.165, 1.54) is 18.1 Å². The Morgan fingerprint density at radius 1 is 1.05 bits per heavy atom. The van der Waals surface area contributed by atoms with Crippen LogP contribution >= 0.6 is 0 Å². The van der Waals surface area contributed by atoms with E-state index in [0.29, 0.717) is 55.9 Å². The summed E-state index contributed by atoms with van der Waals surface area (Å²) in [7, 11) is -2.74. The van der Waals surface area contributed by atoms with Crippen LogP contribution in [0.5, 0.6) is 17.4 Å². The molecule has 2 aliphatic heterocycles. The summed E-state index contributed by atoms with van der Waals surface area (Å²) < 4.78 is 72.8. The van der Waals surface area contributed by atoms with Crippen molar-refractivity contribution in [1.82, 2.24) is 24.8 Å². The third-order valence-electron chi connectivity index (χ3n) is 11.7. The number of benzene rings is 2. The molecule has 3 heterocycles. The summed E-state index contributed by atoms with van der Waals surface area (Å²) in [6, 6.07) is 7.25. The van der Waals surface area contributed by atoms with Crippen molar-refractivity contribution in [2.24, 2.45) is 17.8 Å². The van der Waals surface area contributed by atoms with Crippen LogP contribution in [0.15, 0.2) is 60.8 Å². The number of aromatic nitrogens is 1. The number of amides is 4. The topological polar surface area (TPSA) is 174 Å². The van der Waals surface area contributed by atoms with Gasteiger partial charge in [0.2, 0.25) is 27.7 Å². The molecule has 7 atom stereocenters. The van der Waals surface area contributed by atoms with Crippen LogP contribution in [0.25, 0.3) is 10.8 Å². The Labute approximate surface area is 341 Å². The van der Waals surface area contributed by atoms with Gasteiger partial charge in [0.15, 0.2) is 11.6 Å². The highest BCUT2D eigenvalue weighted by molar-refractivity contribution is 7.90. The van der Waals surface area contributed by atoms with Gasteiger partial charge in [0.1, 0.15) is 35.3 Å². The molecule has 2 N–H and O–H groups in total. The van der Waals surface area contributed by atoms with Gasteiger partial charge in [-0.3, -0.25) is 14.4 Å². The van der Waals surface area contributed by atoms with Crippen LogP contribution in [0.1, 0.15) is 65.7 Å². The molecule has 0 spiro atoms. The minimum absolute atomic E-state index is 0.0343. The summed E-state index contributed by atoms with van der Waals surface area (Å²) in [5.74, 6) is -4.88. The second-order valence-electron chi connectivity index (χ2n) is 16.1. The van der Waals surface area contributed by atoms with E-state index in [9.17, 15) is 36.4 Å². The highest BCUT2D eigenvalue weighted by atomic mass is 32.2. The molecule has 3 aromatic rings. The Morgan fingerprint density at radius 3 is 2.51 bits per heavy atom. The van der Waals surface area contributed by atoms with Crippen LogP contribution in [-0.4, -0.2) is 95.6 Å². The van der Waals surface area contributed by atoms with Gasteiger partial charge >= 0.3 is 6.09 Å². The second-order valence-corrected chi connectivity index (χ2v) is 18.3. The number of carbonyl (C=O) groups is 4. The molecular weight excluding hydrogens is 789 g/mol. The molecule has 1 saturated heterocycles. The number of nitrogens with zero attached hydrogens (tertiary/aromatic N) is 3. The van der Waals surface area contributed by atoms with Gasteiger partial charge < -0.3 is 29.7 Å². The van der Waals surface area contributed by atoms with Crippen molar-refractivity contribution < 1.29 is 50.6 Å². The van der Waals surface area contributed by atoms with Crippen LogP contribution in [0.4, 0.5) is 13.6 Å². The summed E-state index contributed by atoms with van der Waals surface area (Å²) in [6.45, 7) is 5.90. The number of halogens is 2. The van der Waals surface area contributed by atoms with E-state index < -0.39 is 92.0 Å². The van der Waals surface area contributed by atoms with Crippen LogP contribution in [-0.2, 0) is 24.4 Å². The molecule has 17 heteroatoms. The molecule has 2 saturated carbocycles. The highest BCUT2D eigenvalue weighted by Crippen LogP contribution is 2.48. The standard InChI is InChI=1S/C42H49F2N5O9S/c1-5-56-35-22-45-38(31-13-9-8-12-30(31)35)57-28-20-33-37(50)47-42(40(52)48(4)59(54,55)29-15-16-29)21-26(42)11-7-6-10-24(2)18-25(3)36(39(51)49(33)23-28)46-41(53)58-34-17-14-27(43)19-32(34)44/h7-9,11-14,17,19,22,24-26,28-29,33,36H,5-6,10,15-16,18,20-21,23H2,1-4H3,(H,46,53)(H,47,50)/b11-7+/t24-,25-,26-,28-,33+,36+,42-/m1/s1. The van der Waals surface area contributed by atoms with Gasteiger partial charge in [0.05, 0.1) is 24.6 Å². The molecule has 14 nitrogen and oxygen atoms in total. The molecule has 0 radical (unpaired) electrons. The molecule has 7 rings (SSSR count). The Morgan fingerprint density at radius 2 is 1.80 bits per heavy atom. The van der Waals surface area contributed by atoms with Crippen LogP contribution < -0.4 is 24.8 Å². The van der Waals surface area contributed by atoms with E-state index in [2.05, 4.69) is 15.6 Å². The number of carbonyl (C=O) groups excluding carboxylic acids is 4. The number of hydrogen-bond donors (Lipinski definition) is 2. The lowest BCUT2D eigenvalue weighted by Crippen LogP contribution is -2.59. The maximum absolute atomic E-state index is 14.9. The highest BCUT2D eigenvalue weighted by Gasteiger charge is 2.63. The molecule has 2 aromatic carbocycles. The first kappa shape index (κ1) is 41.8. The zero-order valence-corrected chi connectivity index (χ0v) is 34.2. The van der Waals surface area contributed by atoms with E-state index in [1.54, 1.807) is 6.92 Å². The molecule has 59 heavy (non-hydrogen) atoms. The van der Waals surface area contributed by atoms with Crippen LogP contribution in [0.3, 0.4) is 0 Å². The number of rotatable bonds is 9. The third kappa shape index (κ3) is 8.70. The van der Waals surface area contributed by atoms with Crippen molar-refractivity contribution in [2.75, 3.05) is 20.2 Å². The number of sulfonamides is 1. The fourth-order valence-electron chi connectivity index (χ4n) is 8.26. The Kier molecular flexibility index (Phi) is 11.9. The second kappa shape index (κ2) is 16.7. The predicted molar refractivity (Wildman–Crippen MR) is 212 cm³/mol. The largest absolute Gasteiger partial charge is 0.492 e. The fourth-order valence-corrected chi connectivity index (χ4v) is 9.83. The lowest BCUT2D eigenvalue weighted by molar-refractivity contribution is -0.142. The van der Waals surface area contributed by atoms with Gasteiger partial charge in [-0.1, -0.05) is 44.2 Å². The fraction of sp³-hybridized carbons (Fsp3) is 0.500. The third-order valence-corrected chi connectivity index (χ3v) is 13.9. The molecular formula is C42H49F2N5O9S. The van der Waals surface area contributed by atoms with E-state index in [-0.39, 0.29) is 31.2 Å². The number of likely N-dealkylation sites (N-methyl/N-ethyl adjacent to an activating group) is 1. The normalized spacial score (nSPS) is 27.9. The predicted octanol–water partition coefficient (Wildman–Crippen LogP) is 5.26. The molecule has 0 unspecified atom stereocenters. The lowest BCUT2D eigenvalue weighted by Gasteiger charge is -2.33. The van der Waals surface area contributed by atoms with Gasteiger partial charge in [0, 0.05) is 36.2 Å². The van der Waals surface area contributed by atoms with E-state index in [1.807, 2.05) is 50.3 Å². The average molecular weight is 838 g/mol. The van der Waals surface area contributed by atoms with Crippen LogP contribution in [0.2, 0.25) is 0 Å². The summed E-state index contributed by atoms with van der Waals surface area (Å²) in [6.07, 6.45) is 6.03. The van der Waals surface area contributed by atoms with Crippen molar-refractivity contribution in [3.63, 3.8) is 0 Å². The van der Waals surface area contributed by atoms with E-state index in [4.69, 9.17) is 14.2 Å². The van der Waals surface area contributed by atoms with Crippen molar-refractivity contribution >= 4 is 44.6 Å². The monoisotopic (exact) mass is 837 g/mol. The maximum atomic E-state index is 14.9. The number of pyridine rings is 1. The first-order valence-electron chi connectivity index (χ1n) is 20.0. The number of fused-ring (bicyclic) bond motifs is 3. The van der Waals surface area contributed by atoms with Gasteiger partial charge in [-0.25, -0.2) is 31.3 Å². The summed E-state index contributed by atoms with van der Waals surface area (Å²) in [5, 5.41) is 6.19. The van der Waals surface area contributed by atoms with Gasteiger partial charge in [-0.15, -0.1) is 0 Å². The molecule has 0 bridgehead atoms. The number of ether oxygens (including phenoxy) is 3. The maximum Gasteiger partial charge on any atom is 0.413 e. The lowest BCUT2D eigenvalue weighted by atomic mass is 9.88. The minimum atomic E-state index is -3.95. The number of allylic oxidation sites excluding steroid dienone is 1. The van der Waals surface area contributed by atoms with Crippen molar-refractivity contribution in [3.05, 3.63) is 72.4 Å². The molecule has 2 aliphatic carbocycles. The van der Waals surface area contributed by atoms with Crippen molar-refractivity contribution in [2.45, 2.75) is 94.7 Å². The van der Waals surface area contributed by atoms with Gasteiger partial charge in [-0.2, -0.15) is 0 Å². The van der Waals surface area contributed by atoms with Crippen molar-refractivity contribution in [3.8, 4) is 17.4 Å². The first-order chi connectivity index (χ1) is 28.1. The quantitative estimate of drug-likeness (QED) is 0.271.